The quantitative estimate of drug-likeness (QED) is 0.335. The standard InChI is InChI=1S/C27H30N8O2/c1-16-12-17(2)24-21(13-16)32-27(37-24)31-19-6-4-18(5-7-19)23-22-25(28)29-15-30-26(22)35(33-23)20-8-9-34(14-20)10-11-36-3/h4-7,12-13,15,20H,8-11,14H2,1-3H3,(H,31,32)(H2,28,29,30)/t20-/m0/s1. The van der Waals surface area contributed by atoms with E-state index < -0.39 is 0 Å². The fourth-order valence-corrected chi connectivity index (χ4v) is 5.15. The number of nitrogens with two attached hydrogens (primary N) is 1. The summed E-state index contributed by atoms with van der Waals surface area (Å²) in [5.41, 5.74) is 13.5. The molecule has 0 amide bonds. The Morgan fingerprint density at radius 1 is 1.16 bits per heavy atom. The number of aryl methyl sites for hydroxylation is 2. The number of aromatic nitrogens is 5. The molecule has 3 aromatic heterocycles. The molecule has 10 heteroatoms. The number of oxazole rings is 1. The summed E-state index contributed by atoms with van der Waals surface area (Å²) < 4.78 is 13.2. The van der Waals surface area contributed by atoms with Gasteiger partial charge < -0.3 is 20.2 Å². The second-order valence-electron chi connectivity index (χ2n) is 9.64. The van der Waals surface area contributed by atoms with Gasteiger partial charge >= 0.3 is 0 Å². The predicted molar refractivity (Wildman–Crippen MR) is 144 cm³/mol. The third-order valence-corrected chi connectivity index (χ3v) is 6.95. The highest BCUT2D eigenvalue weighted by Gasteiger charge is 2.28. The Bertz CT molecular complexity index is 1570. The van der Waals surface area contributed by atoms with Crippen molar-refractivity contribution in [1.29, 1.82) is 0 Å². The Labute approximate surface area is 214 Å². The molecule has 190 valence electrons. The van der Waals surface area contributed by atoms with E-state index in [1.165, 1.54) is 6.33 Å². The smallest absolute Gasteiger partial charge is 0.300 e. The maximum Gasteiger partial charge on any atom is 0.300 e. The van der Waals surface area contributed by atoms with Crippen molar-refractivity contribution in [1.82, 2.24) is 29.6 Å². The van der Waals surface area contributed by atoms with E-state index in [-0.39, 0.29) is 6.04 Å². The van der Waals surface area contributed by atoms with Gasteiger partial charge in [-0.15, -0.1) is 0 Å². The number of fused-ring (bicyclic) bond motifs is 2. The maximum absolute atomic E-state index is 6.33. The summed E-state index contributed by atoms with van der Waals surface area (Å²) in [6.45, 7) is 7.61. The molecule has 0 bridgehead atoms. The predicted octanol–water partition coefficient (Wildman–Crippen LogP) is 4.47. The van der Waals surface area contributed by atoms with Crippen LogP contribution in [0.4, 0.5) is 17.5 Å². The molecule has 1 saturated heterocycles. The molecule has 3 N–H and O–H groups in total. The van der Waals surface area contributed by atoms with E-state index in [0.29, 0.717) is 11.8 Å². The van der Waals surface area contributed by atoms with E-state index in [0.717, 1.165) is 82.9 Å². The molecule has 0 aliphatic carbocycles. The molecule has 2 aromatic carbocycles. The zero-order valence-corrected chi connectivity index (χ0v) is 21.2. The van der Waals surface area contributed by atoms with Crippen molar-refractivity contribution < 1.29 is 9.15 Å². The lowest BCUT2D eigenvalue weighted by atomic mass is 10.1. The van der Waals surface area contributed by atoms with Crippen LogP contribution in [0.5, 0.6) is 0 Å². The Kier molecular flexibility index (Phi) is 5.97. The zero-order chi connectivity index (χ0) is 25.5. The maximum atomic E-state index is 6.33. The van der Waals surface area contributed by atoms with E-state index in [9.17, 15) is 0 Å². The molecular weight excluding hydrogens is 468 g/mol. The fraction of sp³-hybridized carbons (Fsp3) is 0.333. The first-order valence-electron chi connectivity index (χ1n) is 12.5. The van der Waals surface area contributed by atoms with Crippen molar-refractivity contribution >= 4 is 39.7 Å². The number of methoxy groups -OCH3 is 1. The molecule has 5 aromatic rings. The molecular formula is C27H30N8O2. The summed E-state index contributed by atoms with van der Waals surface area (Å²) in [6.07, 6.45) is 2.50. The van der Waals surface area contributed by atoms with Gasteiger partial charge in [-0.1, -0.05) is 18.2 Å². The number of nitrogens with zero attached hydrogens (tertiary/aromatic N) is 6. The van der Waals surface area contributed by atoms with Crippen LogP contribution in [0.25, 0.3) is 33.4 Å². The third kappa shape index (κ3) is 4.38. The van der Waals surface area contributed by atoms with Gasteiger partial charge in [-0.2, -0.15) is 10.1 Å². The number of nitrogens with one attached hydrogen (secondary N) is 1. The van der Waals surface area contributed by atoms with Gasteiger partial charge in [0, 0.05) is 38.0 Å². The van der Waals surface area contributed by atoms with E-state index >= 15 is 0 Å². The van der Waals surface area contributed by atoms with Crippen LogP contribution in [0.1, 0.15) is 23.6 Å². The Morgan fingerprint density at radius 2 is 2.00 bits per heavy atom. The van der Waals surface area contributed by atoms with Crippen LogP contribution in [0.15, 0.2) is 47.1 Å². The molecule has 1 fully saturated rings. The summed E-state index contributed by atoms with van der Waals surface area (Å²) in [4.78, 5) is 15.8. The van der Waals surface area contributed by atoms with Gasteiger partial charge in [0.15, 0.2) is 11.2 Å². The highest BCUT2D eigenvalue weighted by atomic mass is 16.5. The zero-order valence-electron chi connectivity index (χ0n) is 21.2. The Balaban J connectivity index is 1.29. The molecule has 1 aliphatic rings. The van der Waals surface area contributed by atoms with Crippen molar-refractivity contribution in [3.63, 3.8) is 0 Å². The van der Waals surface area contributed by atoms with E-state index in [1.807, 2.05) is 41.9 Å². The highest BCUT2D eigenvalue weighted by molar-refractivity contribution is 5.98. The highest BCUT2D eigenvalue weighted by Crippen LogP contribution is 2.34. The van der Waals surface area contributed by atoms with Gasteiger partial charge in [0.05, 0.1) is 18.0 Å². The number of nitrogen functional groups attached to an aromatic ring is 1. The van der Waals surface area contributed by atoms with E-state index in [1.54, 1.807) is 7.11 Å². The number of anilines is 3. The number of hydrogen-bond donors (Lipinski definition) is 2. The number of likely N-dealkylation sites (tertiary alicyclic amines) is 1. The van der Waals surface area contributed by atoms with Crippen LogP contribution < -0.4 is 11.1 Å². The molecule has 6 rings (SSSR count). The average molecular weight is 499 g/mol. The summed E-state index contributed by atoms with van der Waals surface area (Å²) in [5.74, 6) is 0.430. The summed E-state index contributed by atoms with van der Waals surface area (Å²) in [6, 6.07) is 12.8. The molecule has 1 atom stereocenters. The lowest BCUT2D eigenvalue weighted by Gasteiger charge is -2.15. The van der Waals surface area contributed by atoms with Crippen LogP contribution >= 0.6 is 0 Å². The van der Waals surface area contributed by atoms with Crippen molar-refractivity contribution in [3.05, 3.63) is 53.9 Å². The van der Waals surface area contributed by atoms with Gasteiger partial charge in [0.25, 0.3) is 6.01 Å². The van der Waals surface area contributed by atoms with Gasteiger partial charge in [-0.05, 0) is 49.6 Å². The number of hydrogen-bond acceptors (Lipinski definition) is 9. The summed E-state index contributed by atoms with van der Waals surface area (Å²) in [5, 5.41) is 9.05. The first-order chi connectivity index (χ1) is 18.0. The lowest BCUT2D eigenvalue weighted by molar-refractivity contribution is 0.159. The first-order valence-corrected chi connectivity index (χ1v) is 12.5. The monoisotopic (exact) mass is 498 g/mol. The normalized spacial score (nSPS) is 16.2. The molecule has 0 spiro atoms. The van der Waals surface area contributed by atoms with Crippen molar-refractivity contribution in [2.24, 2.45) is 0 Å². The van der Waals surface area contributed by atoms with Crippen LogP contribution in [-0.2, 0) is 4.74 Å². The van der Waals surface area contributed by atoms with Crippen LogP contribution in [-0.4, -0.2) is 63.0 Å². The summed E-state index contributed by atoms with van der Waals surface area (Å²) in [7, 11) is 1.73. The van der Waals surface area contributed by atoms with E-state index in [4.69, 9.17) is 20.0 Å². The van der Waals surface area contributed by atoms with Crippen LogP contribution in [0.2, 0.25) is 0 Å². The first kappa shape index (κ1) is 23.4. The molecule has 0 radical (unpaired) electrons. The Morgan fingerprint density at radius 3 is 2.81 bits per heavy atom. The third-order valence-electron chi connectivity index (χ3n) is 6.95. The van der Waals surface area contributed by atoms with Crippen LogP contribution in [0, 0.1) is 13.8 Å². The fourth-order valence-electron chi connectivity index (χ4n) is 5.15. The molecule has 0 unspecified atom stereocenters. The minimum atomic E-state index is 0.217. The largest absolute Gasteiger partial charge is 0.423 e. The van der Waals surface area contributed by atoms with Gasteiger partial charge in [-0.3, -0.25) is 4.90 Å². The number of rotatable bonds is 7. The van der Waals surface area contributed by atoms with Gasteiger partial charge in [0.2, 0.25) is 0 Å². The minimum Gasteiger partial charge on any atom is -0.423 e. The lowest BCUT2D eigenvalue weighted by Crippen LogP contribution is -2.25. The Hall–Kier alpha value is -4.02. The molecule has 1 aliphatic heterocycles. The minimum absolute atomic E-state index is 0.217. The topological polar surface area (TPSA) is 120 Å². The average Bonchev–Trinajstić information content (AvgIpc) is 3.60. The number of ether oxygens (including phenoxy) is 1. The number of benzene rings is 2. The van der Waals surface area contributed by atoms with Crippen molar-refractivity contribution in [3.8, 4) is 11.3 Å². The molecule has 0 saturated carbocycles. The van der Waals surface area contributed by atoms with Gasteiger partial charge in [0.1, 0.15) is 23.4 Å². The molecule has 37 heavy (non-hydrogen) atoms. The molecule has 4 heterocycles. The van der Waals surface area contributed by atoms with Crippen LogP contribution in [0.3, 0.4) is 0 Å². The van der Waals surface area contributed by atoms with E-state index in [2.05, 4.69) is 38.2 Å². The second-order valence-corrected chi connectivity index (χ2v) is 9.64. The summed E-state index contributed by atoms with van der Waals surface area (Å²) >= 11 is 0. The second kappa shape index (κ2) is 9.45. The molecule has 10 nitrogen and oxygen atoms in total. The van der Waals surface area contributed by atoms with Crippen molar-refractivity contribution in [2.45, 2.75) is 26.3 Å². The van der Waals surface area contributed by atoms with Gasteiger partial charge in [-0.25, -0.2) is 14.6 Å². The SMILES string of the molecule is COCCN1CC[C@H](n2nc(-c3ccc(Nc4nc5cc(C)cc(C)c5o4)cc3)c3c(N)ncnc32)C1. The van der Waals surface area contributed by atoms with Crippen molar-refractivity contribution in [2.75, 3.05) is 44.4 Å².